The molecule has 1 atom stereocenters. The Kier molecular flexibility index (Phi) is 7.54. The highest BCUT2D eigenvalue weighted by atomic mass is 35.5. The standard InChI is InChI=1S/C24H26ClN5O4/c25-20-8-7-18(13-19(20)23(33)28-22(32)17-5-3-1-2-4-6-17)30-24(34)29(21(31)14-27-30)15-16-9-11-26-12-10-16/h7-14,17,22,32H,1-6,15H2,(H,28,33). The van der Waals surface area contributed by atoms with Crippen LogP contribution in [-0.4, -0.2) is 36.6 Å². The second-order valence-electron chi connectivity index (χ2n) is 8.45. The van der Waals surface area contributed by atoms with Crippen molar-refractivity contribution in [1.29, 1.82) is 0 Å². The number of nitrogens with one attached hydrogen (secondary N) is 1. The van der Waals surface area contributed by atoms with Crippen LogP contribution in [0.5, 0.6) is 0 Å². The molecule has 0 spiro atoms. The smallest absolute Gasteiger partial charge is 0.352 e. The highest BCUT2D eigenvalue weighted by molar-refractivity contribution is 6.33. The van der Waals surface area contributed by atoms with Gasteiger partial charge in [0.05, 0.1) is 22.8 Å². The van der Waals surface area contributed by atoms with Crippen molar-refractivity contribution in [2.75, 3.05) is 0 Å². The molecule has 0 bridgehead atoms. The lowest BCUT2D eigenvalue weighted by atomic mass is 9.98. The first-order chi connectivity index (χ1) is 16.4. The normalized spacial score (nSPS) is 15.5. The van der Waals surface area contributed by atoms with Gasteiger partial charge in [0.25, 0.3) is 11.5 Å². The van der Waals surface area contributed by atoms with Gasteiger partial charge in [-0.15, -0.1) is 0 Å². The predicted octanol–water partition coefficient (Wildman–Crippen LogP) is 2.51. The number of carbonyl (C=O) groups excluding carboxylic acids is 1. The number of amides is 1. The van der Waals surface area contributed by atoms with E-state index >= 15 is 0 Å². The molecule has 9 nitrogen and oxygen atoms in total. The fourth-order valence-electron chi connectivity index (χ4n) is 4.20. The summed E-state index contributed by atoms with van der Waals surface area (Å²) in [7, 11) is 0. The van der Waals surface area contributed by atoms with Crippen LogP contribution in [0.3, 0.4) is 0 Å². The van der Waals surface area contributed by atoms with Crippen LogP contribution in [0, 0.1) is 5.92 Å². The van der Waals surface area contributed by atoms with E-state index in [9.17, 15) is 19.5 Å². The molecular formula is C24H26ClN5O4. The summed E-state index contributed by atoms with van der Waals surface area (Å²) < 4.78 is 2.09. The van der Waals surface area contributed by atoms with Crippen LogP contribution < -0.4 is 16.6 Å². The number of carbonyl (C=O) groups is 1. The Hall–Kier alpha value is -3.30. The maximum absolute atomic E-state index is 13.1. The molecule has 2 N–H and O–H groups in total. The Bertz CT molecular complexity index is 1270. The monoisotopic (exact) mass is 483 g/mol. The zero-order chi connectivity index (χ0) is 24.1. The van der Waals surface area contributed by atoms with Gasteiger partial charge in [-0.3, -0.25) is 19.1 Å². The number of rotatable bonds is 6. The maximum atomic E-state index is 13.1. The van der Waals surface area contributed by atoms with Gasteiger partial charge in [-0.25, -0.2) is 4.79 Å². The average molecular weight is 484 g/mol. The predicted molar refractivity (Wildman–Crippen MR) is 127 cm³/mol. The molecule has 10 heteroatoms. The Labute approximate surface area is 201 Å². The molecule has 0 radical (unpaired) electrons. The zero-order valence-electron chi connectivity index (χ0n) is 18.6. The van der Waals surface area contributed by atoms with Crippen LogP contribution in [0.2, 0.25) is 5.02 Å². The SMILES string of the molecule is O=C(NC(O)C1CCCCCC1)c1cc(-n2ncc(=O)n(Cc3ccncc3)c2=O)ccc1Cl. The van der Waals surface area contributed by atoms with E-state index in [1.807, 2.05) is 0 Å². The van der Waals surface area contributed by atoms with Gasteiger partial charge in [-0.1, -0.05) is 37.3 Å². The van der Waals surface area contributed by atoms with Gasteiger partial charge in [-0.05, 0) is 48.7 Å². The van der Waals surface area contributed by atoms with Crippen LogP contribution >= 0.6 is 11.6 Å². The van der Waals surface area contributed by atoms with Gasteiger partial charge in [0, 0.05) is 18.3 Å². The summed E-state index contributed by atoms with van der Waals surface area (Å²) in [5, 5.41) is 17.4. The molecule has 178 valence electrons. The van der Waals surface area contributed by atoms with E-state index in [0.29, 0.717) is 0 Å². The van der Waals surface area contributed by atoms with E-state index < -0.39 is 23.4 Å². The average Bonchev–Trinajstić information content (AvgIpc) is 3.13. The van der Waals surface area contributed by atoms with Crippen molar-refractivity contribution >= 4 is 17.5 Å². The van der Waals surface area contributed by atoms with Crippen LogP contribution in [0.4, 0.5) is 0 Å². The molecule has 1 fully saturated rings. The van der Waals surface area contributed by atoms with Gasteiger partial charge >= 0.3 is 5.69 Å². The van der Waals surface area contributed by atoms with Crippen molar-refractivity contribution < 1.29 is 9.90 Å². The first-order valence-electron chi connectivity index (χ1n) is 11.3. The van der Waals surface area contributed by atoms with E-state index in [0.717, 1.165) is 59.5 Å². The van der Waals surface area contributed by atoms with Gasteiger partial charge in [0.1, 0.15) is 12.4 Å². The molecule has 1 aliphatic carbocycles. The molecular weight excluding hydrogens is 458 g/mol. The fourth-order valence-corrected chi connectivity index (χ4v) is 4.41. The summed E-state index contributed by atoms with van der Waals surface area (Å²) in [5.74, 6) is -0.545. The summed E-state index contributed by atoms with van der Waals surface area (Å²) in [4.78, 5) is 42.2. The van der Waals surface area contributed by atoms with Crippen LogP contribution in [-0.2, 0) is 6.54 Å². The van der Waals surface area contributed by atoms with Crippen molar-refractivity contribution in [2.24, 2.45) is 5.92 Å². The molecule has 3 aromatic rings. The number of aliphatic hydroxyl groups is 1. The summed E-state index contributed by atoms with van der Waals surface area (Å²) in [6, 6.07) is 7.86. The fraction of sp³-hybridized carbons (Fsp3) is 0.375. The van der Waals surface area contributed by atoms with Crippen LogP contribution in [0.15, 0.2) is 58.5 Å². The van der Waals surface area contributed by atoms with Crippen molar-refractivity contribution in [2.45, 2.75) is 51.3 Å². The Morgan fingerprint density at radius 3 is 2.53 bits per heavy atom. The van der Waals surface area contributed by atoms with Crippen LogP contribution in [0.1, 0.15) is 54.4 Å². The number of nitrogens with zero attached hydrogens (tertiary/aromatic N) is 4. The molecule has 1 aromatic carbocycles. The second-order valence-corrected chi connectivity index (χ2v) is 8.86. The second kappa shape index (κ2) is 10.8. The first-order valence-corrected chi connectivity index (χ1v) is 11.7. The molecule has 1 aliphatic rings. The van der Waals surface area contributed by atoms with E-state index in [1.165, 1.54) is 18.2 Å². The first kappa shape index (κ1) is 23.8. The molecule has 2 heterocycles. The summed E-state index contributed by atoms with van der Waals surface area (Å²) in [6.07, 6.45) is 9.25. The number of benzene rings is 1. The molecule has 1 unspecified atom stereocenters. The number of hydrogen-bond donors (Lipinski definition) is 2. The van der Waals surface area contributed by atoms with E-state index in [1.54, 1.807) is 24.5 Å². The third-order valence-corrected chi connectivity index (χ3v) is 6.45. The van der Waals surface area contributed by atoms with Gasteiger partial charge in [-0.2, -0.15) is 9.78 Å². The molecule has 1 saturated carbocycles. The van der Waals surface area contributed by atoms with Crippen molar-refractivity contribution in [3.63, 3.8) is 0 Å². The number of halogens is 1. The van der Waals surface area contributed by atoms with Crippen molar-refractivity contribution in [3.8, 4) is 5.69 Å². The minimum absolute atomic E-state index is 0.00515. The summed E-state index contributed by atoms with van der Waals surface area (Å²) in [5.41, 5.74) is -0.0944. The van der Waals surface area contributed by atoms with Gasteiger partial charge < -0.3 is 10.4 Å². The molecule has 1 amide bonds. The largest absolute Gasteiger partial charge is 0.373 e. The quantitative estimate of drug-likeness (QED) is 0.410. The summed E-state index contributed by atoms with van der Waals surface area (Å²) in [6.45, 7) is 0.0528. The van der Waals surface area contributed by atoms with Crippen molar-refractivity contribution in [3.05, 3.63) is 85.9 Å². The van der Waals surface area contributed by atoms with Gasteiger partial charge in [0.15, 0.2) is 0 Å². The molecule has 0 saturated heterocycles. The third-order valence-electron chi connectivity index (χ3n) is 6.12. The summed E-state index contributed by atoms with van der Waals surface area (Å²) >= 11 is 6.27. The Morgan fingerprint density at radius 1 is 1.12 bits per heavy atom. The molecule has 4 rings (SSSR count). The zero-order valence-corrected chi connectivity index (χ0v) is 19.3. The third kappa shape index (κ3) is 5.43. The maximum Gasteiger partial charge on any atom is 0.352 e. The lowest BCUT2D eigenvalue weighted by Gasteiger charge is -2.22. The molecule has 2 aromatic heterocycles. The number of aliphatic hydroxyl groups excluding tert-OH is 1. The van der Waals surface area contributed by atoms with Crippen LogP contribution in [0.25, 0.3) is 5.69 Å². The highest BCUT2D eigenvalue weighted by Crippen LogP contribution is 2.25. The van der Waals surface area contributed by atoms with E-state index in [2.05, 4.69) is 15.4 Å². The minimum atomic E-state index is -0.978. The number of hydrogen-bond acceptors (Lipinski definition) is 6. The Morgan fingerprint density at radius 2 is 1.82 bits per heavy atom. The topological polar surface area (TPSA) is 119 Å². The molecule has 34 heavy (non-hydrogen) atoms. The lowest BCUT2D eigenvalue weighted by Crippen LogP contribution is -2.41. The Balaban J connectivity index is 1.60. The minimum Gasteiger partial charge on any atom is -0.373 e. The van der Waals surface area contributed by atoms with E-state index in [4.69, 9.17) is 11.6 Å². The van der Waals surface area contributed by atoms with Crippen molar-refractivity contribution in [1.82, 2.24) is 24.6 Å². The lowest BCUT2D eigenvalue weighted by molar-refractivity contribution is 0.0532. The number of aromatic nitrogens is 4. The van der Waals surface area contributed by atoms with Gasteiger partial charge in [0.2, 0.25) is 0 Å². The van der Waals surface area contributed by atoms with E-state index in [-0.39, 0.29) is 28.7 Å². The number of pyridine rings is 1. The highest BCUT2D eigenvalue weighted by Gasteiger charge is 2.24. The molecule has 0 aliphatic heterocycles.